The Hall–Kier alpha value is -2.61. The summed E-state index contributed by atoms with van der Waals surface area (Å²) in [5, 5.41) is 10.9. The highest BCUT2D eigenvalue weighted by Crippen LogP contribution is 2.19. The lowest BCUT2D eigenvalue weighted by atomic mass is 10.1. The maximum atomic E-state index is 11.7. The van der Waals surface area contributed by atoms with Crippen molar-refractivity contribution in [2.24, 2.45) is 0 Å². The monoisotopic (exact) mass is 378 g/mol. The highest BCUT2D eigenvalue weighted by Gasteiger charge is 2.06. The predicted molar refractivity (Wildman–Crippen MR) is 103 cm³/mol. The van der Waals surface area contributed by atoms with Crippen molar-refractivity contribution < 1.29 is 19.1 Å². The Morgan fingerprint density at radius 1 is 1.11 bits per heavy atom. The molecule has 0 aliphatic carbocycles. The molecule has 0 fully saturated rings. The summed E-state index contributed by atoms with van der Waals surface area (Å²) < 4.78 is 5.77. The molecule has 0 aromatic heterocycles. The Labute approximate surface area is 160 Å². The SMILES string of the molecule is CC(C)NC(=O)CNC(=O)CNCCOc1ccccc1CCCNC=O. The van der Waals surface area contributed by atoms with E-state index in [0.29, 0.717) is 26.1 Å². The van der Waals surface area contributed by atoms with Crippen molar-refractivity contribution >= 4 is 18.2 Å². The van der Waals surface area contributed by atoms with Crippen molar-refractivity contribution in [2.75, 3.05) is 32.8 Å². The molecule has 1 aromatic rings. The minimum atomic E-state index is -0.239. The van der Waals surface area contributed by atoms with Crippen molar-refractivity contribution in [1.82, 2.24) is 21.3 Å². The number of ether oxygens (including phenoxy) is 1. The van der Waals surface area contributed by atoms with Gasteiger partial charge >= 0.3 is 0 Å². The van der Waals surface area contributed by atoms with Gasteiger partial charge in [0.2, 0.25) is 18.2 Å². The molecule has 0 aliphatic rings. The number of hydrogen-bond donors (Lipinski definition) is 4. The smallest absolute Gasteiger partial charge is 0.239 e. The molecule has 0 radical (unpaired) electrons. The van der Waals surface area contributed by atoms with Crippen LogP contribution in [0.1, 0.15) is 25.8 Å². The van der Waals surface area contributed by atoms with Crippen molar-refractivity contribution in [3.63, 3.8) is 0 Å². The second kappa shape index (κ2) is 13.6. The molecule has 150 valence electrons. The molecule has 1 aromatic carbocycles. The number of nitrogens with one attached hydrogen (secondary N) is 4. The molecule has 8 nitrogen and oxygen atoms in total. The van der Waals surface area contributed by atoms with Crippen molar-refractivity contribution in [3.8, 4) is 5.75 Å². The van der Waals surface area contributed by atoms with E-state index in [0.717, 1.165) is 24.2 Å². The molecule has 0 atom stereocenters. The molecule has 0 saturated heterocycles. The molecule has 0 saturated carbocycles. The van der Waals surface area contributed by atoms with Gasteiger partial charge in [-0.3, -0.25) is 14.4 Å². The topological polar surface area (TPSA) is 109 Å². The van der Waals surface area contributed by atoms with Gasteiger partial charge in [0.05, 0.1) is 13.1 Å². The predicted octanol–water partition coefficient (Wildman–Crippen LogP) is -0.0256. The molecular formula is C19H30N4O4. The second-order valence-corrected chi connectivity index (χ2v) is 6.31. The van der Waals surface area contributed by atoms with Gasteiger partial charge in [0.1, 0.15) is 12.4 Å². The normalized spacial score (nSPS) is 10.3. The van der Waals surface area contributed by atoms with E-state index < -0.39 is 0 Å². The molecule has 4 N–H and O–H groups in total. The first-order valence-corrected chi connectivity index (χ1v) is 9.17. The van der Waals surface area contributed by atoms with Crippen LogP contribution in [0.15, 0.2) is 24.3 Å². The maximum Gasteiger partial charge on any atom is 0.239 e. The third-order valence-electron chi connectivity index (χ3n) is 3.54. The third kappa shape index (κ3) is 10.9. The highest BCUT2D eigenvalue weighted by molar-refractivity contribution is 5.85. The van der Waals surface area contributed by atoms with Crippen LogP contribution in [0.3, 0.4) is 0 Å². The van der Waals surface area contributed by atoms with Crippen LogP contribution in [0.2, 0.25) is 0 Å². The minimum Gasteiger partial charge on any atom is -0.492 e. The van der Waals surface area contributed by atoms with Gasteiger partial charge in [-0.15, -0.1) is 0 Å². The van der Waals surface area contributed by atoms with Crippen LogP contribution in [0.5, 0.6) is 5.75 Å². The number of benzene rings is 1. The zero-order valence-electron chi connectivity index (χ0n) is 16.0. The van der Waals surface area contributed by atoms with Gasteiger partial charge < -0.3 is 26.0 Å². The number of aryl methyl sites for hydroxylation is 1. The van der Waals surface area contributed by atoms with Crippen LogP contribution < -0.4 is 26.0 Å². The van der Waals surface area contributed by atoms with Crippen LogP contribution in [0, 0.1) is 0 Å². The summed E-state index contributed by atoms with van der Waals surface area (Å²) in [6.45, 7) is 5.38. The van der Waals surface area contributed by atoms with E-state index in [1.54, 1.807) is 0 Å². The lowest BCUT2D eigenvalue weighted by molar-refractivity contribution is -0.125. The molecule has 0 bridgehead atoms. The summed E-state index contributed by atoms with van der Waals surface area (Å²) in [5.41, 5.74) is 1.08. The summed E-state index contributed by atoms with van der Waals surface area (Å²) in [7, 11) is 0. The standard InChI is InChI=1S/C19H30N4O4/c1-15(2)23-19(26)13-22-18(25)12-20-10-11-27-17-8-4-3-6-16(17)7-5-9-21-14-24/h3-4,6,8,14-15,20H,5,7,9-13H2,1-2H3,(H,21,24)(H,22,25)(H,23,26). The van der Waals surface area contributed by atoms with Gasteiger partial charge in [-0.2, -0.15) is 0 Å². The Kier molecular flexibility index (Phi) is 11.3. The van der Waals surface area contributed by atoms with Gasteiger partial charge in [0, 0.05) is 19.1 Å². The third-order valence-corrected chi connectivity index (χ3v) is 3.54. The van der Waals surface area contributed by atoms with Gasteiger partial charge in [0.15, 0.2) is 0 Å². The lowest BCUT2D eigenvalue weighted by Crippen LogP contribution is -2.42. The first kappa shape index (κ1) is 22.4. The van der Waals surface area contributed by atoms with E-state index in [2.05, 4.69) is 21.3 Å². The van der Waals surface area contributed by atoms with E-state index in [-0.39, 0.29) is 30.9 Å². The molecule has 27 heavy (non-hydrogen) atoms. The second-order valence-electron chi connectivity index (χ2n) is 6.31. The summed E-state index contributed by atoms with van der Waals surface area (Å²) in [6.07, 6.45) is 2.34. The molecule has 1 rings (SSSR count). The number of carbonyl (C=O) groups excluding carboxylic acids is 3. The number of para-hydroxylation sites is 1. The fraction of sp³-hybridized carbons (Fsp3) is 0.526. The number of rotatable bonds is 14. The molecule has 0 unspecified atom stereocenters. The minimum absolute atomic E-state index is 0.0263. The highest BCUT2D eigenvalue weighted by atomic mass is 16.5. The van der Waals surface area contributed by atoms with Gasteiger partial charge in [-0.25, -0.2) is 0 Å². The van der Waals surface area contributed by atoms with Gasteiger partial charge in [-0.1, -0.05) is 18.2 Å². The fourth-order valence-corrected chi connectivity index (χ4v) is 2.34. The van der Waals surface area contributed by atoms with Crippen LogP contribution in [0.4, 0.5) is 0 Å². The van der Waals surface area contributed by atoms with E-state index in [1.165, 1.54) is 0 Å². The largest absolute Gasteiger partial charge is 0.492 e. The molecule has 0 spiro atoms. The van der Waals surface area contributed by atoms with Gasteiger partial charge in [-0.05, 0) is 38.3 Å². The first-order chi connectivity index (χ1) is 13.0. The summed E-state index contributed by atoms with van der Waals surface area (Å²) in [6, 6.07) is 7.81. The Morgan fingerprint density at radius 3 is 2.63 bits per heavy atom. The van der Waals surface area contributed by atoms with Gasteiger partial charge in [0.25, 0.3) is 0 Å². The Morgan fingerprint density at radius 2 is 1.89 bits per heavy atom. The van der Waals surface area contributed by atoms with Crippen molar-refractivity contribution in [3.05, 3.63) is 29.8 Å². The Balaban J connectivity index is 2.19. The summed E-state index contributed by atoms with van der Waals surface area (Å²) >= 11 is 0. The fourth-order valence-electron chi connectivity index (χ4n) is 2.34. The van der Waals surface area contributed by atoms with Crippen LogP contribution in [-0.2, 0) is 20.8 Å². The van der Waals surface area contributed by atoms with Crippen molar-refractivity contribution in [1.29, 1.82) is 0 Å². The van der Waals surface area contributed by atoms with E-state index in [1.807, 2.05) is 38.1 Å². The molecule has 0 heterocycles. The number of amides is 3. The van der Waals surface area contributed by atoms with E-state index >= 15 is 0 Å². The maximum absolute atomic E-state index is 11.7. The molecule has 8 heteroatoms. The average Bonchev–Trinajstić information content (AvgIpc) is 2.63. The van der Waals surface area contributed by atoms with Crippen LogP contribution >= 0.6 is 0 Å². The summed E-state index contributed by atoms with van der Waals surface area (Å²) in [4.78, 5) is 33.4. The van der Waals surface area contributed by atoms with E-state index in [9.17, 15) is 14.4 Å². The molecular weight excluding hydrogens is 348 g/mol. The number of hydrogen-bond acceptors (Lipinski definition) is 5. The Bertz CT molecular complexity index is 593. The van der Waals surface area contributed by atoms with Crippen LogP contribution in [-0.4, -0.2) is 57.1 Å². The average molecular weight is 378 g/mol. The zero-order chi connectivity index (χ0) is 19.9. The summed E-state index contributed by atoms with van der Waals surface area (Å²) in [5.74, 6) is 0.360. The lowest BCUT2D eigenvalue weighted by Gasteiger charge is -2.12. The van der Waals surface area contributed by atoms with Crippen molar-refractivity contribution in [2.45, 2.75) is 32.7 Å². The quantitative estimate of drug-likeness (QED) is 0.269. The molecule has 3 amide bonds. The molecule has 0 aliphatic heterocycles. The van der Waals surface area contributed by atoms with E-state index in [4.69, 9.17) is 4.74 Å². The van der Waals surface area contributed by atoms with Crippen LogP contribution in [0.25, 0.3) is 0 Å². The number of carbonyl (C=O) groups is 3. The zero-order valence-corrected chi connectivity index (χ0v) is 16.0. The first-order valence-electron chi connectivity index (χ1n) is 9.17.